The Hall–Kier alpha value is -1.70. The summed E-state index contributed by atoms with van der Waals surface area (Å²) in [6.45, 7) is 2.92. The van der Waals surface area contributed by atoms with Crippen molar-refractivity contribution in [2.24, 2.45) is 0 Å². The molecule has 5 N–H and O–H groups in total. The van der Waals surface area contributed by atoms with Crippen LogP contribution in [0.1, 0.15) is 33.6 Å². The van der Waals surface area contributed by atoms with Gasteiger partial charge in [-0.25, -0.2) is 9.59 Å². The van der Waals surface area contributed by atoms with Crippen LogP contribution in [0.15, 0.2) is 0 Å². The minimum atomic E-state index is -2.60. The molecule has 4 atom stereocenters. The first-order valence-corrected chi connectivity index (χ1v) is 9.53. The first-order valence-electron chi connectivity index (χ1n) is 9.53. The van der Waals surface area contributed by atoms with Crippen molar-refractivity contribution >= 4 is 23.9 Å². The van der Waals surface area contributed by atoms with Gasteiger partial charge >= 0.3 is 23.9 Å². The standard InChI is InChI=1S/C18H30O13.Zn/c1-4-28-11(21)7-18(17(27)30-6-3,8-12(22)29-5-2)31-16(26)15(25)14(24)13(23)10(20)9-19;/h10,13-15,19-20,23-25H,4-9H2,1-3H3;/t10-,13-,14+,15-;/m1./s1. The molecule has 32 heavy (non-hydrogen) atoms. The van der Waals surface area contributed by atoms with E-state index in [-0.39, 0.29) is 39.3 Å². The quantitative estimate of drug-likeness (QED) is 0.0892. The number of ether oxygens (including phenoxy) is 4. The normalized spacial score (nSPS) is 14.8. The van der Waals surface area contributed by atoms with Gasteiger partial charge in [0, 0.05) is 19.5 Å². The van der Waals surface area contributed by atoms with E-state index in [0.29, 0.717) is 0 Å². The SMILES string of the molecule is CCOC(=O)CC(CC(=O)OCC)(OC(=O)[C@H](O)[C@@H](O)[C@H](O)[C@H](O)CO)C(=O)OCC.[Zn]. The minimum absolute atomic E-state index is 0. The molecule has 13 nitrogen and oxygen atoms in total. The molecule has 0 heterocycles. The topological polar surface area (TPSA) is 206 Å². The Labute approximate surface area is 197 Å². The van der Waals surface area contributed by atoms with E-state index in [1.165, 1.54) is 20.8 Å². The second-order valence-corrected chi connectivity index (χ2v) is 6.28. The Morgan fingerprint density at radius 3 is 1.59 bits per heavy atom. The molecule has 0 aromatic carbocycles. The van der Waals surface area contributed by atoms with Gasteiger partial charge < -0.3 is 44.5 Å². The maximum Gasteiger partial charge on any atom is 0.351 e. The van der Waals surface area contributed by atoms with Crippen LogP contribution >= 0.6 is 0 Å². The molecule has 182 valence electrons. The van der Waals surface area contributed by atoms with Crippen LogP contribution in [0, 0.1) is 0 Å². The average Bonchev–Trinajstić information content (AvgIpc) is 2.71. The third-order valence-electron chi connectivity index (χ3n) is 3.91. The molecular formula is C18H30O13Zn. The van der Waals surface area contributed by atoms with E-state index in [2.05, 4.69) is 0 Å². The van der Waals surface area contributed by atoms with Gasteiger partial charge in [0.2, 0.25) is 5.60 Å². The van der Waals surface area contributed by atoms with Crippen molar-refractivity contribution < 1.29 is 83.1 Å². The fourth-order valence-electron chi connectivity index (χ4n) is 2.39. The molecule has 0 saturated carbocycles. The maximum absolute atomic E-state index is 12.6. The maximum atomic E-state index is 12.6. The van der Waals surface area contributed by atoms with Gasteiger partial charge in [0.15, 0.2) is 6.10 Å². The summed E-state index contributed by atoms with van der Waals surface area (Å²) >= 11 is 0. The van der Waals surface area contributed by atoms with E-state index < -0.39 is 73.3 Å². The smallest absolute Gasteiger partial charge is 0.351 e. The molecule has 0 aliphatic rings. The van der Waals surface area contributed by atoms with Crippen LogP contribution in [0.25, 0.3) is 0 Å². The van der Waals surface area contributed by atoms with Crippen molar-refractivity contribution in [2.45, 2.75) is 63.6 Å². The zero-order valence-corrected chi connectivity index (χ0v) is 21.2. The molecule has 0 amide bonds. The van der Waals surface area contributed by atoms with Gasteiger partial charge in [0.05, 0.1) is 39.3 Å². The Morgan fingerprint density at radius 1 is 0.781 bits per heavy atom. The predicted molar refractivity (Wildman–Crippen MR) is 99.1 cm³/mol. The number of hydrogen-bond donors (Lipinski definition) is 5. The summed E-state index contributed by atoms with van der Waals surface area (Å²) in [5, 5.41) is 47.7. The third-order valence-corrected chi connectivity index (χ3v) is 3.91. The summed E-state index contributed by atoms with van der Waals surface area (Å²) in [4.78, 5) is 49.1. The summed E-state index contributed by atoms with van der Waals surface area (Å²) < 4.78 is 19.2. The molecule has 0 rings (SSSR count). The summed E-state index contributed by atoms with van der Waals surface area (Å²) in [7, 11) is 0. The fourth-order valence-corrected chi connectivity index (χ4v) is 2.39. The van der Waals surface area contributed by atoms with Crippen LogP contribution in [0.2, 0.25) is 0 Å². The second kappa shape index (κ2) is 16.0. The molecule has 0 spiro atoms. The Kier molecular flexibility index (Phi) is 16.2. The number of hydrogen-bond acceptors (Lipinski definition) is 13. The number of aliphatic hydroxyl groups excluding tert-OH is 5. The van der Waals surface area contributed by atoms with E-state index in [0.717, 1.165) is 0 Å². The van der Waals surface area contributed by atoms with Crippen LogP contribution in [0.3, 0.4) is 0 Å². The first-order chi connectivity index (χ1) is 14.5. The number of esters is 4. The van der Waals surface area contributed by atoms with Crippen LogP contribution < -0.4 is 0 Å². The van der Waals surface area contributed by atoms with Gasteiger partial charge in [-0.15, -0.1) is 0 Å². The Bertz CT molecular complexity index is 592. The molecule has 0 aliphatic heterocycles. The molecule has 0 aromatic heterocycles. The van der Waals surface area contributed by atoms with Crippen molar-refractivity contribution in [3.63, 3.8) is 0 Å². The van der Waals surface area contributed by atoms with Crippen LogP contribution in [-0.2, 0) is 57.6 Å². The second-order valence-electron chi connectivity index (χ2n) is 6.28. The third kappa shape index (κ3) is 9.84. The summed E-state index contributed by atoms with van der Waals surface area (Å²) in [5.41, 5.74) is -2.60. The number of rotatable bonds is 14. The van der Waals surface area contributed by atoms with Crippen molar-refractivity contribution in [1.29, 1.82) is 0 Å². The van der Waals surface area contributed by atoms with E-state index in [4.69, 9.17) is 24.1 Å². The fraction of sp³-hybridized carbons (Fsp3) is 0.778. The molecular weight excluding hydrogens is 490 g/mol. The van der Waals surface area contributed by atoms with Gasteiger partial charge in [-0.2, -0.15) is 0 Å². The van der Waals surface area contributed by atoms with Crippen molar-refractivity contribution in [3.05, 3.63) is 0 Å². The zero-order valence-electron chi connectivity index (χ0n) is 18.3. The van der Waals surface area contributed by atoms with Crippen LogP contribution in [0.4, 0.5) is 0 Å². The van der Waals surface area contributed by atoms with Crippen LogP contribution in [0.5, 0.6) is 0 Å². The van der Waals surface area contributed by atoms with Crippen molar-refractivity contribution in [1.82, 2.24) is 0 Å². The number of carbonyl (C=O) groups excluding carboxylic acids is 4. The Balaban J connectivity index is 0. The monoisotopic (exact) mass is 518 g/mol. The van der Waals surface area contributed by atoms with Gasteiger partial charge in [0.1, 0.15) is 18.3 Å². The average molecular weight is 520 g/mol. The van der Waals surface area contributed by atoms with Crippen molar-refractivity contribution in [2.75, 3.05) is 26.4 Å². The van der Waals surface area contributed by atoms with Gasteiger partial charge in [-0.05, 0) is 20.8 Å². The van der Waals surface area contributed by atoms with Crippen molar-refractivity contribution in [3.8, 4) is 0 Å². The molecule has 14 heteroatoms. The summed E-state index contributed by atoms with van der Waals surface area (Å²) in [5.74, 6) is -5.13. The molecule has 0 aromatic rings. The molecule has 0 aliphatic carbocycles. The minimum Gasteiger partial charge on any atom is -0.466 e. The van der Waals surface area contributed by atoms with Gasteiger partial charge in [-0.1, -0.05) is 0 Å². The largest absolute Gasteiger partial charge is 0.466 e. The number of aliphatic hydroxyl groups is 5. The molecule has 0 saturated heterocycles. The molecule has 0 unspecified atom stereocenters. The molecule has 0 fully saturated rings. The predicted octanol–water partition coefficient (Wildman–Crippen LogP) is -2.83. The van der Waals surface area contributed by atoms with E-state index in [1.54, 1.807) is 0 Å². The number of carbonyl (C=O) groups is 4. The summed E-state index contributed by atoms with van der Waals surface area (Å²) in [6.07, 6.45) is -10.9. The molecule has 0 radical (unpaired) electrons. The van der Waals surface area contributed by atoms with Gasteiger partial charge in [-0.3, -0.25) is 9.59 Å². The van der Waals surface area contributed by atoms with Gasteiger partial charge in [0.25, 0.3) is 0 Å². The molecule has 0 bridgehead atoms. The first kappa shape index (κ1) is 32.5. The van der Waals surface area contributed by atoms with E-state index >= 15 is 0 Å². The van der Waals surface area contributed by atoms with E-state index in [9.17, 15) is 39.6 Å². The van der Waals surface area contributed by atoms with Crippen LogP contribution in [-0.4, -0.2) is 106 Å². The van der Waals surface area contributed by atoms with E-state index in [1.807, 2.05) is 0 Å². The Morgan fingerprint density at radius 2 is 1.22 bits per heavy atom. The zero-order chi connectivity index (χ0) is 24.2. The summed E-state index contributed by atoms with van der Waals surface area (Å²) in [6, 6.07) is 0.